The number of nitrogens with zero attached hydrogens (tertiary/aromatic N) is 2. The second-order valence-electron chi connectivity index (χ2n) is 2.22. The van der Waals surface area contributed by atoms with Crippen LogP contribution in [0.4, 0.5) is 14.5 Å². The molecule has 4 nitrogen and oxygen atoms in total. The van der Waals surface area contributed by atoms with Gasteiger partial charge in [-0.25, -0.2) is 13.8 Å². The molecule has 0 unspecified atom stereocenters. The van der Waals surface area contributed by atoms with Crippen molar-refractivity contribution in [3.05, 3.63) is 29.1 Å². The first-order chi connectivity index (χ1) is 6.45. The molecule has 0 aliphatic carbocycles. The fourth-order valence-corrected chi connectivity index (χ4v) is 2.11. The van der Waals surface area contributed by atoms with Gasteiger partial charge in [0.25, 0.3) is 12.1 Å². The Bertz CT molecular complexity index is 386. The summed E-state index contributed by atoms with van der Waals surface area (Å²) < 4.78 is 25.0. The minimum Gasteiger partial charge on any atom is -0.258 e. The second-order valence-corrected chi connectivity index (χ2v) is 4.40. The number of pyridine rings is 1. The Kier molecular flexibility index (Phi) is 3.92. The van der Waals surface area contributed by atoms with Crippen LogP contribution in [0.3, 0.4) is 0 Å². The molecule has 0 N–H and O–H groups in total. The van der Waals surface area contributed by atoms with E-state index in [0.29, 0.717) is 0 Å². The minimum atomic E-state index is -2.88. The summed E-state index contributed by atoms with van der Waals surface area (Å²) in [6, 6.07) is 0. The maximum atomic E-state index is 12.5. The van der Waals surface area contributed by atoms with Crippen molar-refractivity contribution >= 4 is 50.9 Å². The van der Waals surface area contributed by atoms with Crippen molar-refractivity contribution in [3.63, 3.8) is 0 Å². The number of hydrogen-bond acceptors (Lipinski definition) is 3. The number of aromatic nitrogens is 1. The van der Waals surface area contributed by atoms with Crippen molar-refractivity contribution in [2.24, 2.45) is 0 Å². The molecule has 1 rings (SSSR count). The van der Waals surface area contributed by atoms with Crippen molar-refractivity contribution in [1.82, 2.24) is 4.98 Å². The van der Waals surface area contributed by atoms with Gasteiger partial charge in [-0.05, 0) is 45.2 Å². The first kappa shape index (κ1) is 11.9. The number of hydrogen-bond donors (Lipinski definition) is 0. The number of nitro groups is 1. The lowest BCUT2D eigenvalue weighted by Gasteiger charge is -2.04. The van der Waals surface area contributed by atoms with Crippen molar-refractivity contribution in [2.45, 2.75) is 6.43 Å². The second kappa shape index (κ2) is 4.59. The van der Waals surface area contributed by atoms with Crippen LogP contribution in [-0.2, 0) is 0 Å². The van der Waals surface area contributed by atoms with Crippen molar-refractivity contribution in [1.29, 1.82) is 0 Å². The van der Waals surface area contributed by atoms with Crippen molar-refractivity contribution in [2.75, 3.05) is 0 Å². The van der Waals surface area contributed by atoms with Gasteiger partial charge >= 0.3 is 0 Å². The highest BCUT2D eigenvalue weighted by Crippen LogP contribution is 2.34. The van der Waals surface area contributed by atoms with Gasteiger partial charge < -0.3 is 0 Å². The highest BCUT2D eigenvalue weighted by atomic mass is 127. The van der Waals surface area contributed by atoms with Crippen LogP contribution in [0.2, 0.25) is 0 Å². The predicted octanol–water partition coefficient (Wildman–Crippen LogP) is 3.14. The van der Waals surface area contributed by atoms with Crippen molar-refractivity contribution < 1.29 is 13.7 Å². The molecule has 0 fully saturated rings. The van der Waals surface area contributed by atoms with E-state index in [-0.39, 0.29) is 7.27 Å². The van der Waals surface area contributed by atoms with Gasteiger partial charge in [0.1, 0.15) is 12.8 Å². The first-order valence-electron chi connectivity index (χ1n) is 3.21. The SMILES string of the molecule is O=[N+]([O-])c1c(I)cnc(I)c1C(F)F. The maximum Gasteiger partial charge on any atom is 0.295 e. The van der Waals surface area contributed by atoms with E-state index in [2.05, 4.69) is 4.98 Å². The summed E-state index contributed by atoms with van der Waals surface area (Å²) in [6.45, 7) is 0. The first-order valence-corrected chi connectivity index (χ1v) is 5.37. The lowest BCUT2D eigenvalue weighted by molar-refractivity contribution is -0.387. The van der Waals surface area contributed by atoms with Crippen LogP contribution in [-0.4, -0.2) is 9.91 Å². The minimum absolute atomic E-state index is 0.0373. The average Bonchev–Trinajstić information content (AvgIpc) is 2.07. The molecule has 1 aromatic rings. The summed E-state index contributed by atoms with van der Waals surface area (Å²) in [7, 11) is 0. The van der Waals surface area contributed by atoms with E-state index in [1.807, 2.05) is 0 Å². The lowest BCUT2D eigenvalue weighted by atomic mass is 10.2. The molecular formula is C6H2F2I2N2O2. The lowest BCUT2D eigenvalue weighted by Crippen LogP contribution is -2.03. The summed E-state index contributed by atoms with van der Waals surface area (Å²) in [6.07, 6.45) is -1.68. The molecule has 14 heavy (non-hydrogen) atoms. The highest BCUT2D eigenvalue weighted by molar-refractivity contribution is 14.1. The van der Waals surface area contributed by atoms with E-state index in [1.54, 1.807) is 45.2 Å². The Balaban J connectivity index is 3.50. The molecule has 8 heteroatoms. The molecule has 1 heterocycles. The summed E-state index contributed by atoms with van der Waals surface area (Å²) in [5.74, 6) is 0. The van der Waals surface area contributed by atoms with E-state index in [4.69, 9.17) is 0 Å². The van der Waals surface area contributed by atoms with Crippen LogP contribution < -0.4 is 0 Å². The van der Waals surface area contributed by atoms with Gasteiger partial charge in [0.2, 0.25) is 0 Å². The number of rotatable bonds is 2. The molecule has 0 bridgehead atoms. The van der Waals surface area contributed by atoms with Gasteiger partial charge in [0.15, 0.2) is 0 Å². The quantitative estimate of drug-likeness (QED) is 0.316. The van der Waals surface area contributed by atoms with Gasteiger partial charge in [-0.2, -0.15) is 0 Å². The van der Waals surface area contributed by atoms with Crippen LogP contribution in [0, 0.1) is 17.4 Å². The van der Waals surface area contributed by atoms with Gasteiger partial charge in [-0.3, -0.25) is 10.1 Å². The molecule has 0 saturated carbocycles. The Hall–Kier alpha value is -0.130. The predicted molar refractivity (Wildman–Crippen MR) is 61.3 cm³/mol. The largest absolute Gasteiger partial charge is 0.295 e. The van der Waals surface area contributed by atoms with Gasteiger partial charge in [0.05, 0.1) is 4.92 Å². The number of alkyl halides is 2. The fourth-order valence-electron chi connectivity index (χ4n) is 0.849. The molecule has 0 radical (unpaired) electrons. The van der Waals surface area contributed by atoms with Crippen LogP contribution >= 0.6 is 45.2 Å². The molecule has 1 aromatic heterocycles. The number of halogens is 4. The summed E-state index contributed by atoms with van der Waals surface area (Å²) in [5.41, 5.74) is -1.16. The zero-order valence-corrected chi connectivity index (χ0v) is 10.7. The molecule has 0 spiro atoms. The Labute approximate surface area is 105 Å². The summed E-state index contributed by atoms with van der Waals surface area (Å²) >= 11 is 3.16. The van der Waals surface area contributed by atoms with Crippen molar-refractivity contribution in [3.8, 4) is 0 Å². The third-order valence-electron chi connectivity index (χ3n) is 1.40. The molecule has 0 aliphatic heterocycles. The Morgan fingerprint density at radius 2 is 2.07 bits per heavy atom. The van der Waals surface area contributed by atoms with Gasteiger partial charge in [-0.1, -0.05) is 0 Å². The van der Waals surface area contributed by atoms with E-state index in [9.17, 15) is 18.9 Å². The monoisotopic (exact) mass is 426 g/mol. The van der Waals surface area contributed by atoms with Gasteiger partial charge in [-0.15, -0.1) is 0 Å². The summed E-state index contributed by atoms with van der Waals surface area (Å²) in [4.78, 5) is 13.4. The smallest absolute Gasteiger partial charge is 0.258 e. The maximum absolute atomic E-state index is 12.5. The molecular weight excluding hydrogens is 424 g/mol. The third-order valence-corrected chi connectivity index (χ3v) is 3.04. The molecule has 76 valence electrons. The Morgan fingerprint density at radius 3 is 2.43 bits per heavy atom. The molecule has 0 atom stereocenters. The average molecular weight is 426 g/mol. The summed E-state index contributed by atoms with van der Waals surface area (Å²) in [5, 5.41) is 10.5. The Morgan fingerprint density at radius 1 is 1.50 bits per heavy atom. The highest BCUT2D eigenvalue weighted by Gasteiger charge is 2.28. The van der Waals surface area contributed by atoms with E-state index in [1.165, 1.54) is 6.20 Å². The van der Waals surface area contributed by atoms with Crippen LogP contribution in [0.25, 0.3) is 0 Å². The standard InChI is InChI=1S/C6H2F2I2N2O2/c7-5(8)3-4(12(13)14)2(9)1-11-6(3)10/h1,5H. The zero-order valence-electron chi connectivity index (χ0n) is 6.38. The molecule has 0 aromatic carbocycles. The van der Waals surface area contributed by atoms with E-state index >= 15 is 0 Å². The van der Waals surface area contributed by atoms with Crippen LogP contribution in [0.1, 0.15) is 12.0 Å². The molecule has 0 amide bonds. The third kappa shape index (κ3) is 2.27. The topological polar surface area (TPSA) is 56.0 Å². The van der Waals surface area contributed by atoms with E-state index in [0.717, 1.165) is 0 Å². The molecule has 0 aliphatic rings. The fraction of sp³-hybridized carbons (Fsp3) is 0.167. The van der Waals surface area contributed by atoms with Crippen LogP contribution in [0.15, 0.2) is 6.20 Å². The molecule has 0 saturated heterocycles. The van der Waals surface area contributed by atoms with E-state index < -0.39 is 22.6 Å². The van der Waals surface area contributed by atoms with Crippen LogP contribution in [0.5, 0.6) is 0 Å². The normalized spacial score (nSPS) is 10.6. The van der Waals surface area contributed by atoms with Gasteiger partial charge in [0, 0.05) is 6.20 Å². The zero-order chi connectivity index (χ0) is 10.9.